The number of rotatable bonds is 5. The molecule has 1 aliphatic heterocycles. The molecular formula is C23H24N6O. The van der Waals surface area contributed by atoms with Crippen molar-refractivity contribution in [1.29, 1.82) is 0 Å². The number of H-pyrrole nitrogens is 2. The molecule has 0 radical (unpaired) electrons. The van der Waals surface area contributed by atoms with E-state index in [2.05, 4.69) is 36.4 Å². The van der Waals surface area contributed by atoms with Crippen molar-refractivity contribution >= 4 is 22.6 Å². The molecule has 1 amide bonds. The molecular weight excluding hydrogens is 376 g/mol. The summed E-state index contributed by atoms with van der Waals surface area (Å²) in [6.07, 6.45) is 5.63. The standard InChI is InChI=1S/C23H24N6O/c30-23(21-13-18-3-1-2-4-19(18)26-21)25-15-16-7-11-29(12-8-16)22-14-20(27-28-22)17-5-9-24-10-6-17/h1-6,9-10,13-14,16,26H,7-8,11-12,15H2,(H,25,30)(H,27,28). The van der Waals surface area contributed by atoms with Gasteiger partial charge in [-0.3, -0.25) is 14.9 Å². The predicted octanol–water partition coefficient (Wildman–Crippen LogP) is 3.60. The van der Waals surface area contributed by atoms with E-state index in [0.29, 0.717) is 18.2 Å². The summed E-state index contributed by atoms with van der Waals surface area (Å²) in [5, 5.41) is 11.8. The Morgan fingerprint density at radius 2 is 1.90 bits per heavy atom. The van der Waals surface area contributed by atoms with Crippen LogP contribution in [0.4, 0.5) is 5.82 Å². The van der Waals surface area contributed by atoms with Gasteiger partial charge in [0, 0.05) is 54.6 Å². The molecule has 0 saturated carbocycles. The van der Waals surface area contributed by atoms with E-state index in [1.54, 1.807) is 12.4 Å². The Morgan fingerprint density at radius 1 is 1.10 bits per heavy atom. The molecule has 0 atom stereocenters. The maximum Gasteiger partial charge on any atom is 0.267 e. The van der Waals surface area contributed by atoms with Crippen molar-refractivity contribution in [2.24, 2.45) is 5.92 Å². The number of fused-ring (bicyclic) bond motifs is 1. The molecule has 3 aromatic heterocycles. The summed E-state index contributed by atoms with van der Waals surface area (Å²) in [6.45, 7) is 2.58. The first-order chi connectivity index (χ1) is 14.8. The van der Waals surface area contributed by atoms with Gasteiger partial charge in [0.25, 0.3) is 5.91 Å². The minimum absolute atomic E-state index is 0.0390. The molecule has 5 rings (SSSR count). The van der Waals surface area contributed by atoms with E-state index in [4.69, 9.17) is 0 Å². The lowest BCUT2D eigenvalue weighted by atomic mass is 9.96. The third kappa shape index (κ3) is 3.78. The van der Waals surface area contributed by atoms with Gasteiger partial charge in [-0.15, -0.1) is 0 Å². The predicted molar refractivity (Wildman–Crippen MR) is 117 cm³/mol. The van der Waals surface area contributed by atoms with Crippen molar-refractivity contribution in [3.8, 4) is 11.3 Å². The summed E-state index contributed by atoms with van der Waals surface area (Å²) in [5.41, 5.74) is 3.69. The maximum absolute atomic E-state index is 12.5. The van der Waals surface area contributed by atoms with Crippen molar-refractivity contribution in [3.63, 3.8) is 0 Å². The number of para-hydroxylation sites is 1. The fourth-order valence-corrected chi connectivity index (χ4v) is 4.05. The Hall–Kier alpha value is -3.61. The van der Waals surface area contributed by atoms with Crippen LogP contribution in [0.2, 0.25) is 0 Å². The number of nitrogens with one attached hydrogen (secondary N) is 3. The number of anilines is 1. The van der Waals surface area contributed by atoms with E-state index in [1.807, 2.05) is 42.5 Å². The van der Waals surface area contributed by atoms with Crippen molar-refractivity contribution < 1.29 is 4.79 Å². The molecule has 7 heteroatoms. The maximum atomic E-state index is 12.5. The van der Waals surface area contributed by atoms with Gasteiger partial charge in [-0.1, -0.05) is 18.2 Å². The first-order valence-corrected chi connectivity index (χ1v) is 10.3. The van der Waals surface area contributed by atoms with Gasteiger partial charge in [-0.2, -0.15) is 5.10 Å². The van der Waals surface area contributed by atoms with Crippen LogP contribution >= 0.6 is 0 Å². The molecule has 4 heterocycles. The minimum Gasteiger partial charge on any atom is -0.355 e. The molecule has 1 saturated heterocycles. The van der Waals surface area contributed by atoms with Gasteiger partial charge in [-0.25, -0.2) is 0 Å². The zero-order valence-electron chi connectivity index (χ0n) is 16.6. The second-order valence-corrected chi connectivity index (χ2v) is 7.79. The summed E-state index contributed by atoms with van der Waals surface area (Å²) in [7, 11) is 0. The van der Waals surface area contributed by atoms with Crippen molar-refractivity contribution in [2.45, 2.75) is 12.8 Å². The zero-order valence-corrected chi connectivity index (χ0v) is 16.6. The third-order valence-corrected chi connectivity index (χ3v) is 5.82. The first kappa shape index (κ1) is 18.4. The van der Waals surface area contributed by atoms with Crippen LogP contribution in [0, 0.1) is 5.92 Å². The van der Waals surface area contributed by atoms with Crippen molar-refractivity contribution in [3.05, 3.63) is 66.6 Å². The second kappa shape index (κ2) is 8.02. The molecule has 1 fully saturated rings. The second-order valence-electron chi connectivity index (χ2n) is 7.79. The summed E-state index contributed by atoms with van der Waals surface area (Å²) >= 11 is 0. The van der Waals surface area contributed by atoms with Crippen LogP contribution in [0.1, 0.15) is 23.3 Å². The lowest BCUT2D eigenvalue weighted by Crippen LogP contribution is -2.38. The Labute approximate surface area is 174 Å². The highest BCUT2D eigenvalue weighted by molar-refractivity contribution is 5.97. The molecule has 1 aromatic carbocycles. The molecule has 152 valence electrons. The summed E-state index contributed by atoms with van der Waals surface area (Å²) in [4.78, 5) is 22.1. The number of hydrogen-bond acceptors (Lipinski definition) is 4. The molecule has 0 bridgehead atoms. The first-order valence-electron chi connectivity index (χ1n) is 10.3. The number of aromatic nitrogens is 4. The number of pyridine rings is 1. The molecule has 1 aliphatic rings. The molecule has 7 nitrogen and oxygen atoms in total. The summed E-state index contributed by atoms with van der Waals surface area (Å²) in [5.74, 6) is 1.42. The van der Waals surface area contributed by atoms with E-state index < -0.39 is 0 Å². The average Bonchev–Trinajstić information content (AvgIpc) is 3.46. The van der Waals surface area contributed by atoms with Crippen molar-refractivity contribution in [2.75, 3.05) is 24.5 Å². The summed E-state index contributed by atoms with van der Waals surface area (Å²) < 4.78 is 0. The van der Waals surface area contributed by atoms with Crippen LogP contribution in [0.15, 0.2) is 60.9 Å². The van der Waals surface area contributed by atoms with Crippen molar-refractivity contribution in [1.82, 2.24) is 25.5 Å². The SMILES string of the molecule is O=C(NCC1CCN(c2cc(-c3ccncc3)[nH]n2)CC1)c1cc2ccccc2[nH]1. The van der Waals surface area contributed by atoms with Crippen LogP contribution in [0.3, 0.4) is 0 Å². The van der Waals surface area contributed by atoms with E-state index in [-0.39, 0.29) is 5.91 Å². The molecule has 30 heavy (non-hydrogen) atoms. The van der Waals surface area contributed by atoms with Gasteiger partial charge in [0.2, 0.25) is 0 Å². The third-order valence-electron chi connectivity index (χ3n) is 5.82. The number of piperidine rings is 1. The lowest BCUT2D eigenvalue weighted by Gasteiger charge is -2.32. The lowest BCUT2D eigenvalue weighted by molar-refractivity contribution is 0.0940. The number of benzene rings is 1. The summed E-state index contributed by atoms with van der Waals surface area (Å²) in [6, 6.07) is 15.9. The highest BCUT2D eigenvalue weighted by Gasteiger charge is 2.22. The molecule has 0 aliphatic carbocycles. The molecule has 4 aromatic rings. The van der Waals surface area contributed by atoms with Gasteiger partial charge >= 0.3 is 0 Å². The monoisotopic (exact) mass is 400 g/mol. The van der Waals surface area contributed by atoms with Gasteiger partial charge in [0.1, 0.15) is 5.69 Å². The quantitative estimate of drug-likeness (QED) is 0.477. The van der Waals surface area contributed by atoms with E-state index in [0.717, 1.165) is 53.9 Å². The minimum atomic E-state index is -0.0390. The van der Waals surface area contributed by atoms with Crippen LogP contribution in [-0.4, -0.2) is 45.7 Å². The van der Waals surface area contributed by atoms with Crippen LogP contribution in [-0.2, 0) is 0 Å². The van der Waals surface area contributed by atoms with Gasteiger partial charge in [-0.05, 0) is 43.0 Å². The Kier molecular flexibility index (Phi) is 4.93. The number of nitrogens with zero attached hydrogens (tertiary/aromatic N) is 3. The molecule has 3 N–H and O–H groups in total. The van der Waals surface area contributed by atoms with Gasteiger partial charge in [0.15, 0.2) is 5.82 Å². The van der Waals surface area contributed by atoms with E-state index in [1.165, 1.54) is 0 Å². The number of amides is 1. The highest BCUT2D eigenvalue weighted by Crippen LogP contribution is 2.25. The van der Waals surface area contributed by atoms with E-state index in [9.17, 15) is 4.79 Å². The van der Waals surface area contributed by atoms with Crippen LogP contribution in [0.25, 0.3) is 22.2 Å². The van der Waals surface area contributed by atoms with Crippen LogP contribution < -0.4 is 10.2 Å². The Balaban J connectivity index is 1.14. The highest BCUT2D eigenvalue weighted by atomic mass is 16.1. The number of aromatic amines is 2. The average molecular weight is 400 g/mol. The molecule has 0 spiro atoms. The largest absolute Gasteiger partial charge is 0.355 e. The smallest absolute Gasteiger partial charge is 0.267 e. The number of carbonyl (C=O) groups excluding carboxylic acids is 1. The number of hydrogen-bond donors (Lipinski definition) is 3. The fourth-order valence-electron chi connectivity index (χ4n) is 4.05. The fraction of sp³-hybridized carbons (Fsp3) is 0.261. The van der Waals surface area contributed by atoms with Gasteiger partial charge < -0.3 is 15.2 Å². The number of carbonyl (C=O) groups is 1. The Morgan fingerprint density at radius 3 is 2.70 bits per heavy atom. The zero-order chi connectivity index (χ0) is 20.3. The topological polar surface area (TPSA) is 89.7 Å². The van der Waals surface area contributed by atoms with Gasteiger partial charge in [0.05, 0.1) is 5.69 Å². The van der Waals surface area contributed by atoms with Crippen LogP contribution in [0.5, 0.6) is 0 Å². The normalized spacial score (nSPS) is 14.9. The Bertz CT molecular complexity index is 1110. The molecule has 0 unspecified atom stereocenters. The van der Waals surface area contributed by atoms with E-state index >= 15 is 0 Å².